The molecule has 2 aromatic carbocycles. The zero-order valence-corrected chi connectivity index (χ0v) is 13.3. The highest BCUT2D eigenvalue weighted by Gasteiger charge is 2.10. The molecule has 0 saturated carbocycles. The monoisotopic (exact) mass is 305 g/mol. The van der Waals surface area contributed by atoms with Gasteiger partial charge < -0.3 is 10.6 Å². The summed E-state index contributed by atoms with van der Waals surface area (Å²) in [6, 6.07) is 17.4. The molecule has 0 fully saturated rings. The highest BCUT2D eigenvalue weighted by Crippen LogP contribution is 2.14. The van der Waals surface area contributed by atoms with Gasteiger partial charge in [0.25, 0.3) is 5.91 Å². The summed E-state index contributed by atoms with van der Waals surface area (Å²) in [7, 11) is 0. The minimum atomic E-state index is -0.418. The molecule has 2 rings (SSSR count). The van der Waals surface area contributed by atoms with Crippen molar-refractivity contribution in [3.05, 3.63) is 77.0 Å². The molecule has 0 bridgehead atoms. The van der Waals surface area contributed by atoms with E-state index in [9.17, 15) is 10.1 Å². The maximum Gasteiger partial charge on any atom is 0.267 e. The van der Waals surface area contributed by atoms with Crippen LogP contribution in [0.15, 0.2) is 60.3 Å². The summed E-state index contributed by atoms with van der Waals surface area (Å²) in [6.45, 7) is 4.49. The Morgan fingerprint density at radius 1 is 1.09 bits per heavy atom. The van der Waals surface area contributed by atoms with E-state index in [-0.39, 0.29) is 5.57 Å². The Bertz CT molecular complexity index is 772. The molecule has 0 aliphatic carbocycles. The zero-order valence-electron chi connectivity index (χ0n) is 13.3. The fourth-order valence-electron chi connectivity index (χ4n) is 2.12. The molecule has 23 heavy (non-hydrogen) atoms. The molecule has 0 aromatic heterocycles. The van der Waals surface area contributed by atoms with Crippen molar-refractivity contribution in [1.82, 2.24) is 5.32 Å². The van der Waals surface area contributed by atoms with Gasteiger partial charge in [-0.2, -0.15) is 5.26 Å². The molecule has 2 aromatic rings. The largest absolute Gasteiger partial charge is 0.386 e. The van der Waals surface area contributed by atoms with Crippen LogP contribution in [0.4, 0.5) is 5.69 Å². The molecular formula is C19H19N3O. The third-order valence-electron chi connectivity index (χ3n) is 3.56. The number of para-hydroxylation sites is 1. The minimum absolute atomic E-state index is 0.0434. The summed E-state index contributed by atoms with van der Waals surface area (Å²) in [4.78, 5) is 12.2. The van der Waals surface area contributed by atoms with Gasteiger partial charge in [-0.3, -0.25) is 4.79 Å². The van der Waals surface area contributed by atoms with E-state index in [2.05, 4.69) is 10.6 Å². The Labute approximate surface area is 136 Å². The number of amides is 1. The van der Waals surface area contributed by atoms with Crippen molar-refractivity contribution in [2.45, 2.75) is 20.4 Å². The van der Waals surface area contributed by atoms with Crippen molar-refractivity contribution < 1.29 is 4.79 Å². The Kier molecular flexibility index (Phi) is 5.54. The quantitative estimate of drug-likeness (QED) is 0.657. The SMILES string of the molecule is Cc1ccccc1CN/C=C(/C#N)C(=O)Nc1ccccc1C. The van der Waals surface area contributed by atoms with Gasteiger partial charge in [-0.1, -0.05) is 42.5 Å². The highest BCUT2D eigenvalue weighted by molar-refractivity contribution is 6.06. The second-order valence-electron chi connectivity index (χ2n) is 5.25. The molecule has 0 heterocycles. The van der Waals surface area contributed by atoms with Crippen molar-refractivity contribution in [3.63, 3.8) is 0 Å². The summed E-state index contributed by atoms with van der Waals surface area (Å²) in [5, 5.41) is 15.0. The Balaban J connectivity index is 2.01. The topological polar surface area (TPSA) is 64.9 Å². The number of anilines is 1. The standard InChI is InChI=1S/C19H19N3O/c1-14-7-3-5-9-16(14)12-21-13-17(11-20)19(23)22-18-10-6-4-8-15(18)2/h3-10,13,21H,12H2,1-2H3,(H,22,23)/b17-13-. The van der Waals surface area contributed by atoms with Crippen LogP contribution in [0.2, 0.25) is 0 Å². The van der Waals surface area contributed by atoms with Crippen LogP contribution in [0.3, 0.4) is 0 Å². The number of nitrogens with one attached hydrogen (secondary N) is 2. The highest BCUT2D eigenvalue weighted by atomic mass is 16.1. The number of nitrogens with zero attached hydrogens (tertiary/aromatic N) is 1. The lowest BCUT2D eigenvalue weighted by atomic mass is 10.1. The lowest BCUT2D eigenvalue weighted by molar-refractivity contribution is -0.112. The molecule has 1 amide bonds. The van der Waals surface area contributed by atoms with E-state index < -0.39 is 5.91 Å². The molecule has 2 N–H and O–H groups in total. The third-order valence-corrected chi connectivity index (χ3v) is 3.56. The summed E-state index contributed by atoms with van der Waals surface area (Å²) < 4.78 is 0. The van der Waals surface area contributed by atoms with Crippen LogP contribution in [0.1, 0.15) is 16.7 Å². The van der Waals surface area contributed by atoms with E-state index in [1.54, 1.807) is 0 Å². The third kappa shape index (κ3) is 4.45. The lowest BCUT2D eigenvalue weighted by Gasteiger charge is -2.08. The molecule has 0 radical (unpaired) electrons. The second-order valence-corrected chi connectivity index (χ2v) is 5.25. The number of hydrogen-bond acceptors (Lipinski definition) is 3. The summed E-state index contributed by atoms with van der Waals surface area (Å²) >= 11 is 0. The number of benzene rings is 2. The first kappa shape index (κ1) is 16.3. The van der Waals surface area contributed by atoms with Gasteiger partial charge in [-0.15, -0.1) is 0 Å². The molecule has 0 aliphatic rings. The number of aryl methyl sites for hydroxylation is 2. The Morgan fingerprint density at radius 2 is 1.74 bits per heavy atom. The van der Waals surface area contributed by atoms with Crippen molar-refractivity contribution in [2.75, 3.05) is 5.32 Å². The maximum absolute atomic E-state index is 12.2. The van der Waals surface area contributed by atoms with Crippen LogP contribution in [0.25, 0.3) is 0 Å². The average Bonchev–Trinajstić information content (AvgIpc) is 2.55. The predicted molar refractivity (Wildman–Crippen MR) is 91.5 cm³/mol. The van der Waals surface area contributed by atoms with Crippen LogP contribution in [-0.4, -0.2) is 5.91 Å². The first-order valence-corrected chi connectivity index (χ1v) is 7.37. The Morgan fingerprint density at radius 3 is 2.39 bits per heavy atom. The molecule has 4 heteroatoms. The number of nitriles is 1. The van der Waals surface area contributed by atoms with E-state index in [1.165, 1.54) is 6.20 Å². The lowest BCUT2D eigenvalue weighted by Crippen LogP contribution is -2.17. The maximum atomic E-state index is 12.2. The van der Waals surface area contributed by atoms with Crippen molar-refractivity contribution in [2.24, 2.45) is 0 Å². The number of carbonyl (C=O) groups excluding carboxylic acids is 1. The first-order valence-electron chi connectivity index (χ1n) is 7.37. The molecular weight excluding hydrogens is 286 g/mol. The molecule has 116 valence electrons. The van der Waals surface area contributed by atoms with E-state index in [0.717, 1.165) is 16.7 Å². The fraction of sp³-hybridized carbons (Fsp3) is 0.158. The summed E-state index contributed by atoms with van der Waals surface area (Å²) in [6.07, 6.45) is 1.46. The van der Waals surface area contributed by atoms with E-state index >= 15 is 0 Å². The van der Waals surface area contributed by atoms with Gasteiger partial charge in [0.1, 0.15) is 11.6 Å². The van der Waals surface area contributed by atoms with Crippen LogP contribution in [0.5, 0.6) is 0 Å². The summed E-state index contributed by atoms with van der Waals surface area (Å²) in [5.41, 5.74) is 3.99. The first-order chi connectivity index (χ1) is 11.1. The van der Waals surface area contributed by atoms with E-state index in [0.29, 0.717) is 12.2 Å². The molecule has 0 spiro atoms. The Hall–Kier alpha value is -3.06. The average molecular weight is 305 g/mol. The fourth-order valence-corrected chi connectivity index (χ4v) is 2.12. The predicted octanol–water partition coefficient (Wildman–Crippen LogP) is 3.44. The molecule has 0 atom stereocenters. The molecule has 0 unspecified atom stereocenters. The van der Waals surface area contributed by atoms with Crippen LogP contribution in [0, 0.1) is 25.2 Å². The number of rotatable bonds is 5. The van der Waals surface area contributed by atoms with Gasteiger partial charge in [-0.05, 0) is 36.6 Å². The van der Waals surface area contributed by atoms with Gasteiger partial charge in [-0.25, -0.2) is 0 Å². The number of hydrogen-bond donors (Lipinski definition) is 2. The molecule has 0 saturated heterocycles. The van der Waals surface area contributed by atoms with Crippen LogP contribution < -0.4 is 10.6 Å². The van der Waals surface area contributed by atoms with E-state index in [1.807, 2.05) is 68.4 Å². The van der Waals surface area contributed by atoms with Gasteiger partial charge in [0.05, 0.1) is 0 Å². The molecule has 4 nitrogen and oxygen atoms in total. The van der Waals surface area contributed by atoms with E-state index in [4.69, 9.17) is 0 Å². The second kappa shape index (κ2) is 7.81. The van der Waals surface area contributed by atoms with Crippen molar-refractivity contribution in [1.29, 1.82) is 5.26 Å². The van der Waals surface area contributed by atoms with Crippen LogP contribution in [-0.2, 0) is 11.3 Å². The normalized spacial score (nSPS) is 10.7. The van der Waals surface area contributed by atoms with Crippen LogP contribution >= 0.6 is 0 Å². The van der Waals surface area contributed by atoms with Gasteiger partial charge in [0.15, 0.2) is 0 Å². The molecule has 0 aliphatic heterocycles. The summed E-state index contributed by atoms with van der Waals surface area (Å²) in [5.74, 6) is -0.418. The zero-order chi connectivity index (χ0) is 16.7. The van der Waals surface area contributed by atoms with Crippen molar-refractivity contribution in [3.8, 4) is 6.07 Å². The van der Waals surface area contributed by atoms with Gasteiger partial charge in [0, 0.05) is 18.4 Å². The smallest absolute Gasteiger partial charge is 0.267 e. The van der Waals surface area contributed by atoms with Crippen molar-refractivity contribution >= 4 is 11.6 Å². The van der Waals surface area contributed by atoms with Gasteiger partial charge in [0.2, 0.25) is 0 Å². The van der Waals surface area contributed by atoms with Gasteiger partial charge >= 0.3 is 0 Å². The minimum Gasteiger partial charge on any atom is -0.386 e. The number of carbonyl (C=O) groups is 1.